The number of ether oxygens (including phenoxy) is 1. The minimum Gasteiger partial charge on any atom is -0.381 e. The van der Waals surface area contributed by atoms with E-state index in [1.54, 1.807) is 0 Å². The van der Waals surface area contributed by atoms with Crippen LogP contribution in [0.2, 0.25) is 0 Å². The lowest BCUT2D eigenvalue weighted by molar-refractivity contribution is 0.0425. The van der Waals surface area contributed by atoms with E-state index < -0.39 is 0 Å². The molecule has 1 aliphatic heterocycles. The first-order valence-electron chi connectivity index (χ1n) is 6.33. The van der Waals surface area contributed by atoms with Crippen LogP contribution in [0.25, 0.3) is 0 Å². The molecule has 0 aliphatic carbocycles. The zero-order valence-electron chi connectivity index (χ0n) is 10.2. The molecule has 0 bridgehead atoms. The molecule has 0 aromatic rings. The van der Waals surface area contributed by atoms with E-state index in [-0.39, 0.29) is 0 Å². The van der Waals surface area contributed by atoms with Crippen molar-refractivity contribution in [1.29, 1.82) is 0 Å². The predicted molar refractivity (Wildman–Crippen MR) is 63.9 cm³/mol. The molecule has 1 saturated heterocycles. The van der Waals surface area contributed by atoms with Gasteiger partial charge in [0.05, 0.1) is 6.61 Å². The maximum Gasteiger partial charge on any atom is 0.0509 e. The third-order valence-corrected chi connectivity index (χ3v) is 3.47. The van der Waals surface area contributed by atoms with E-state index in [0.29, 0.717) is 12.0 Å². The molecule has 0 aromatic heterocycles. The van der Waals surface area contributed by atoms with Crippen molar-refractivity contribution in [2.24, 2.45) is 11.7 Å². The van der Waals surface area contributed by atoms with Crippen LogP contribution in [0.15, 0.2) is 0 Å². The number of nitrogens with two attached hydrogens (primary N) is 1. The Balaban J connectivity index is 2.18. The van der Waals surface area contributed by atoms with Gasteiger partial charge < -0.3 is 15.4 Å². The Morgan fingerprint density at radius 1 is 1.40 bits per heavy atom. The van der Waals surface area contributed by atoms with E-state index in [4.69, 9.17) is 10.5 Å². The maximum absolute atomic E-state index is 6.20. The lowest BCUT2D eigenvalue weighted by Gasteiger charge is -2.29. The summed E-state index contributed by atoms with van der Waals surface area (Å²) < 4.78 is 5.47. The van der Waals surface area contributed by atoms with Crippen LogP contribution in [-0.4, -0.2) is 43.8 Å². The third-order valence-electron chi connectivity index (χ3n) is 3.47. The van der Waals surface area contributed by atoms with Crippen LogP contribution in [0.3, 0.4) is 0 Å². The largest absolute Gasteiger partial charge is 0.381 e. The second-order valence-corrected chi connectivity index (χ2v) is 4.46. The van der Waals surface area contributed by atoms with Gasteiger partial charge in [-0.1, -0.05) is 13.8 Å². The van der Waals surface area contributed by atoms with E-state index >= 15 is 0 Å². The van der Waals surface area contributed by atoms with Gasteiger partial charge in [-0.05, 0) is 44.8 Å². The van der Waals surface area contributed by atoms with E-state index in [0.717, 1.165) is 39.3 Å². The van der Waals surface area contributed by atoms with Gasteiger partial charge in [-0.25, -0.2) is 0 Å². The van der Waals surface area contributed by atoms with Gasteiger partial charge in [-0.2, -0.15) is 0 Å². The molecule has 0 saturated carbocycles. The fourth-order valence-corrected chi connectivity index (χ4v) is 2.21. The number of rotatable bonds is 6. The van der Waals surface area contributed by atoms with Gasteiger partial charge in [0, 0.05) is 12.6 Å². The lowest BCUT2D eigenvalue weighted by atomic mass is 9.92. The zero-order chi connectivity index (χ0) is 11.1. The molecule has 3 nitrogen and oxygen atoms in total. The average Bonchev–Trinajstić information content (AvgIpc) is 2.31. The summed E-state index contributed by atoms with van der Waals surface area (Å²) in [7, 11) is 0. The fourth-order valence-electron chi connectivity index (χ4n) is 2.21. The molecule has 1 heterocycles. The van der Waals surface area contributed by atoms with Crippen LogP contribution in [0, 0.1) is 5.92 Å². The Morgan fingerprint density at radius 3 is 2.67 bits per heavy atom. The zero-order valence-corrected chi connectivity index (χ0v) is 10.2. The highest BCUT2D eigenvalue weighted by atomic mass is 16.5. The van der Waals surface area contributed by atoms with E-state index in [1.165, 1.54) is 12.8 Å². The first kappa shape index (κ1) is 12.9. The van der Waals surface area contributed by atoms with Gasteiger partial charge in [0.1, 0.15) is 0 Å². The minimum atomic E-state index is 0.325. The van der Waals surface area contributed by atoms with Crippen LogP contribution in [0.1, 0.15) is 33.1 Å². The second kappa shape index (κ2) is 7.20. The summed E-state index contributed by atoms with van der Waals surface area (Å²) in [6.45, 7) is 9.61. The first-order chi connectivity index (χ1) is 7.27. The van der Waals surface area contributed by atoms with Crippen molar-refractivity contribution < 1.29 is 4.74 Å². The molecule has 3 heteroatoms. The Hall–Kier alpha value is -0.120. The number of hydrogen-bond donors (Lipinski definition) is 1. The molecule has 0 aromatic carbocycles. The van der Waals surface area contributed by atoms with Gasteiger partial charge in [-0.15, -0.1) is 0 Å². The first-order valence-corrected chi connectivity index (χ1v) is 6.33. The van der Waals surface area contributed by atoms with Crippen LogP contribution in [0.4, 0.5) is 0 Å². The van der Waals surface area contributed by atoms with Crippen molar-refractivity contribution in [1.82, 2.24) is 4.90 Å². The number of nitrogens with zero attached hydrogens (tertiary/aromatic N) is 1. The molecule has 90 valence electrons. The predicted octanol–water partition coefficient (Wildman–Crippen LogP) is 1.47. The molecule has 1 rings (SSSR count). The van der Waals surface area contributed by atoms with Crippen LogP contribution >= 0.6 is 0 Å². The molecule has 0 radical (unpaired) electrons. The summed E-state index contributed by atoms with van der Waals surface area (Å²) in [6, 6.07) is 0.325. The topological polar surface area (TPSA) is 38.5 Å². The van der Waals surface area contributed by atoms with Gasteiger partial charge in [0.25, 0.3) is 0 Å². The Morgan fingerprint density at radius 2 is 2.13 bits per heavy atom. The molecule has 2 N–H and O–H groups in total. The highest BCUT2D eigenvalue weighted by Crippen LogP contribution is 2.18. The molecule has 0 amide bonds. The summed E-state index contributed by atoms with van der Waals surface area (Å²) in [5.74, 6) is 0.592. The summed E-state index contributed by atoms with van der Waals surface area (Å²) in [5, 5.41) is 0. The van der Waals surface area contributed by atoms with Crippen LogP contribution in [0.5, 0.6) is 0 Å². The van der Waals surface area contributed by atoms with Crippen molar-refractivity contribution >= 4 is 0 Å². The molecule has 15 heavy (non-hydrogen) atoms. The van der Waals surface area contributed by atoms with Crippen molar-refractivity contribution in [2.45, 2.75) is 39.2 Å². The van der Waals surface area contributed by atoms with Crippen LogP contribution in [-0.2, 0) is 4.74 Å². The Labute approximate surface area is 94.0 Å². The average molecular weight is 214 g/mol. The normalized spacial score (nSPS) is 24.4. The summed E-state index contributed by atoms with van der Waals surface area (Å²) in [6.07, 6.45) is 3.54. The molecule has 0 spiro atoms. The highest BCUT2D eigenvalue weighted by Gasteiger charge is 2.21. The van der Waals surface area contributed by atoms with Gasteiger partial charge in [0.2, 0.25) is 0 Å². The molecule has 1 fully saturated rings. The molecular formula is C12H26N2O. The summed E-state index contributed by atoms with van der Waals surface area (Å²) >= 11 is 0. The standard InChI is InChI=1S/C12H26N2O/c1-3-14(4-2)8-7-12(13)11-6-5-9-15-10-11/h11-12H,3-10,13H2,1-2H3. The quantitative estimate of drug-likeness (QED) is 0.728. The van der Waals surface area contributed by atoms with E-state index in [9.17, 15) is 0 Å². The van der Waals surface area contributed by atoms with Gasteiger partial charge in [0.15, 0.2) is 0 Å². The fraction of sp³-hybridized carbons (Fsp3) is 1.00. The Bertz CT molecular complexity index is 154. The molecular weight excluding hydrogens is 188 g/mol. The summed E-state index contributed by atoms with van der Waals surface area (Å²) in [5.41, 5.74) is 6.20. The monoisotopic (exact) mass is 214 g/mol. The third kappa shape index (κ3) is 4.49. The Kier molecular flexibility index (Phi) is 6.22. The molecule has 2 atom stereocenters. The smallest absolute Gasteiger partial charge is 0.0509 e. The van der Waals surface area contributed by atoms with Crippen molar-refractivity contribution in [2.75, 3.05) is 32.8 Å². The van der Waals surface area contributed by atoms with Gasteiger partial charge >= 0.3 is 0 Å². The maximum atomic E-state index is 6.20. The van der Waals surface area contributed by atoms with E-state index in [2.05, 4.69) is 18.7 Å². The SMILES string of the molecule is CCN(CC)CCC(N)C1CCCOC1. The highest BCUT2D eigenvalue weighted by molar-refractivity contribution is 4.76. The molecule has 2 unspecified atom stereocenters. The van der Waals surface area contributed by atoms with Crippen molar-refractivity contribution in [3.8, 4) is 0 Å². The van der Waals surface area contributed by atoms with E-state index in [1.807, 2.05) is 0 Å². The summed E-state index contributed by atoms with van der Waals surface area (Å²) in [4.78, 5) is 2.43. The number of hydrogen-bond acceptors (Lipinski definition) is 3. The lowest BCUT2D eigenvalue weighted by Crippen LogP contribution is -2.38. The van der Waals surface area contributed by atoms with Crippen LogP contribution < -0.4 is 5.73 Å². The van der Waals surface area contributed by atoms with Crippen molar-refractivity contribution in [3.63, 3.8) is 0 Å². The minimum absolute atomic E-state index is 0.325. The van der Waals surface area contributed by atoms with Crippen molar-refractivity contribution in [3.05, 3.63) is 0 Å². The van der Waals surface area contributed by atoms with Gasteiger partial charge in [-0.3, -0.25) is 0 Å². The molecule has 1 aliphatic rings. The second-order valence-electron chi connectivity index (χ2n) is 4.46.